The van der Waals surface area contributed by atoms with E-state index >= 15 is 0 Å². The van der Waals surface area contributed by atoms with Crippen molar-refractivity contribution in [1.82, 2.24) is 9.88 Å². The van der Waals surface area contributed by atoms with Crippen molar-refractivity contribution in [2.45, 2.75) is 32.4 Å². The zero-order chi connectivity index (χ0) is 11.8. The Morgan fingerprint density at radius 1 is 1.53 bits per heavy atom. The van der Waals surface area contributed by atoms with Crippen molar-refractivity contribution in [3.63, 3.8) is 0 Å². The number of benzene rings is 1. The second kappa shape index (κ2) is 4.04. The van der Waals surface area contributed by atoms with Crippen molar-refractivity contribution in [2.24, 2.45) is 0 Å². The molecule has 0 spiro atoms. The summed E-state index contributed by atoms with van der Waals surface area (Å²) in [6.45, 7) is 3.84. The minimum atomic E-state index is -0.240. The Kier molecular flexibility index (Phi) is 2.52. The van der Waals surface area contributed by atoms with Crippen LogP contribution in [0.1, 0.15) is 18.9 Å². The fourth-order valence-electron chi connectivity index (χ4n) is 2.56. The van der Waals surface area contributed by atoms with E-state index in [2.05, 4.69) is 18.3 Å². The number of hydrogen-bond acceptors (Lipinski definition) is 3. The molecule has 2 aromatic rings. The number of hydrogen-bond donors (Lipinski definition) is 1. The molecule has 0 saturated carbocycles. The summed E-state index contributed by atoms with van der Waals surface area (Å²) in [7, 11) is 0. The minimum Gasteiger partial charge on any atom is -0.408 e. The van der Waals surface area contributed by atoms with E-state index < -0.39 is 0 Å². The van der Waals surface area contributed by atoms with Crippen LogP contribution in [0.5, 0.6) is 0 Å². The van der Waals surface area contributed by atoms with Crippen LogP contribution in [0.4, 0.5) is 0 Å². The van der Waals surface area contributed by atoms with E-state index in [1.54, 1.807) is 4.57 Å². The molecule has 1 aromatic heterocycles. The standard InChI is InChI=1S/C13H16N2O2/c1-2-6-14-10-7-9-4-3-5-11-12(9)15(8-10)13(16)17-11/h3-5,10,14H,2,6-8H2,1H3. The monoisotopic (exact) mass is 232 g/mol. The zero-order valence-corrected chi connectivity index (χ0v) is 9.90. The predicted molar refractivity (Wildman–Crippen MR) is 66.3 cm³/mol. The third-order valence-corrected chi connectivity index (χ3v) is 3.32. The summed E-state index contributed by atoms with van der Waals surface area (Å²) in [5.41, 5.74) is 2.89. The molecule has 3 rings (SSSR count). The summed E-state index contributed by atoms with van der Waals surface area (Å²) in [5.74, 6) is -0.240. The van der Waals surface area contributed by atoms with Crippen LogP contribution in [-0.2, 0) is 13.0 Å². The average molecular weight is 232 g/mol. The van der Waals surface area contributed by atoms with Gasteiger partial charge in [-0.25, -0.2) is 4.79 Å². The Balaban J connectivity index is 2.03. The van der Waals surface area contributed by atoms with Gasteiger partial charge in [0.15, 0.2) is 5.58 Å². The topological polar surface area (TPSA) is 47.2 Å². The van der Waals surface area contributed by atoms with Gasteiger partial charge in [-0.05, 0) is 31.0 Å². The third-order valence-electron chi connectivity index (χ3n) is 3.32. The molecular weight excluding hydrogens is 216 g/mol. The number of aromatic nitrogens is 1. The maximum Gasteiger partial charge on any atom is 0.420 e. The van der Waals surface area contributed by atoms with Crippen molar-refractivity contribution in [3.8, 4) is 0 Å². The molecule has 1 aliphatic heterocycles. The molecule has 0 bridgehead atoms. The molecule has 0 aliphatic carbocycles. The lowest BCUT2D eigenvalue weighted by Gasteiger charge is -2.23. The van der Waals surface area contributed by atoms with Crippen LogP contribution < -0.4 is 11.1 Å². The van der Waals surface area contributed by atoms with Gasteiger partial charge >= 0.3 is 5.76 Å². The van der Waals surface area contributed by atoms with E-state index in [9.17, 15) is 4.79 Å². The molecule has 0 radical (unpaired) electrons. The van der Waals surface area contributed by atoms with Gasteiger partial charge in [0.2, 0.25) is 0 Å². The number of oxazole rings is 1. The van der Waals surface area contributed by atoms with Crippen LogP contribution in [-0.4, -0.2) is 17.2 Å². The first kappa shape index (κ1) is 10.6. The van der Waals surface area contributed by atoms with Gasteiger partial charge in [-0.2, -0.15) is 0 Å². The maximum absolute atomic E-state index is 11.7. The van der Waals surface area contributed by atoms with Crippen LogP contribution in [0.15, 0.2) is 27.4 Å². The highest BCUT2D eigenvalue weighted by Gasteiger charge is 2.23. The second-order valence-electron chi connectivity index (χ2n) is 4.60. The zero-order valence-electron chi connectivity index (χ0n) is 9.90. The first-order valence-electron chi connectivity index (χ1n) is 6.14. The molecule has 0 fully saturated rings. The summed E-state index contributed by atoms with van der Waals surface area (Å²) in [4.78, 5) is 11.7. The van der Waals surface area contributed by atoms with Gasteiger partial charge in [-0.3, -0.25) is 4.57 Å². The fraction of sp³-hybridized carbons (Fsp3) is 0.462. The molecule has 1 atom stereocenters. The summed E-state index contributed by atoms with van der Waals surface area (Å²) in [6.07, 6.45) is 2.07. The van der Waals surface area contributed by atoms with Crippen LogP contribution in [0.25, 0.3) is 11.1 Å². The van der Waals surface area contributed by atoms with E-state index in [1.165, 1.54) is 5.56 Å². The van der Waals surface area contributed by atoms with E-state index in [1.807, 2.05) is 12.1 Å². The predicted octanol–water partition coefficient (Wildman–Crippen LogP) is 1.52. The van der Waals surface area contributed by atoms with Crippen molar-refractivity contribution in [2.75, 3.05) is 6.54 Å². The molecule has 4 heteroatoms. The van der Waals surface area contributed by atoms with Gasteiger partial charge in [-0.1, -0.05) is 19.1 Å². The third kappa shape index (κ3) is 1.69. The Morgan fingerprint density at radius 3 is 3.24 bits per heavy atom. The van der Waals surface area contributed by atoms with Gasteiger partial charge in [-0.15, -0.1) is 0 Å². The van der Waals surface area contributed by atoms with Crippen LogP contribution in [0.3, 0.4) is 0 Å². The van der Waals surface area contributed by atoms with Crippen molar-refractivity contribution >= 4 is 11.1 Å². The van der Waals surface area contributed by atoms with E-state index in [0.29, 0.717) is 18.2 Å². The highest BCUT2D eigenvalue weighted by atomic mass is 16.4. The molecule has 2 heterocycles. The van der Waals surface area contributed by atoms with Crippen molar-refractivity contribution in [3.05, 3.63) is 34.3 Å². The number of nitrogens with zero attached hydrogens (tertiary/aromatic N) is 1. The summed E-state index contributed by atoms with van der Waals surface area (Å²) >= 11 is 0. The lowest BCUT2D eigenvalue weighted by atomic mass is 10.0. The Hall–Kier alpha value is -1.55. The van der Waals surface area contributed by atoms with Gasteiger partial charge in [0.05, 0.1) is 5.52 Å². The first-order chi connectivity index (χ1) is 8.29. The lowest BCUT2D eigenvalue weighted by Crippen LogP contribution is -2.40. The molecular formula is C13H16N2O2. The smallest absolute Gasteiger partial charge is 0.408 e. The quantitative estimate of drug-likeness (QED) is 0.872. The highest BCUT2D eigenvalue weighted by Crippen LogP contribution is 2.23. The molecule has 1 N–H and O–H groups in total. The van der Waals surface area contributed by atoms with Crippen LogP contribution >= 0.6 is 0 Å². The molecule has 1 unspecified atom stereocenters. The number of rotatable bonds is 3. The SMILES string of the molecule is CCCNC1Cc2cccc3oc(=O)n(c23)C1. The Morgan fingerprint density at radius 2 is 2.41 bits per heavy atom. The number of para-hydroxylation sites is 1. The molecule has 90 valence electrons. The largest absolute Gasteiger partial charge is 0.420 e. The normalized spacial score (nSPS) is 18.8. The van der Waals surface area contributed by atoms with E-state index in [4.69, 9.17) is 4.42 Å². The van der Waals surface area contributed by atoms with Gasteiger partial charge < -0.3 is 9.73 Å². The maximum atomic E-state index is 11.7. The van der Waals surface area contributed by atoms with Crippen LogP contribution in [0.2, 0.25) is 0 Å². The van der Waals surface area contributed by atoms with Gasteiger partial charge in [0, 0.05) is 12.6 Å². The highest BCUT2D eigenvalue weighted by molar-refractivity contribution is 5.77. The molecule has 4 nitrogen and oxygen atoms in total. The minimum absolute atomic E-state index is 0.240. The molecule has 0 amide bonds. The molecule has 0 saturated heterocycles. The average Bonchev–Trinajstić information content (AvgIpc) is 2.66. The van der Waals surface area contributed by atoms with Crippen molar-refractivity contribution < 1.29 is 4.42 Å². The lowest BCUT2D eigenvalue weighted by molar-refractivity contribution is 0.410. The summed E-state index contributed by atoms with van der Waals surface area (Å²) in [5, 5.41) is 3.47. The molecule has 1 aliphatic rings. The molecule has 1 aromatic carbocycles. The Labute approximate surface area is 99.2 Å². The second-order valence-corrected chi connectivity index (χ2v) is 4.60. The molecule has 17 heavy (non-hydrogen) atoms. The Bertz CT molecular complexity index is 597. The summed E-state index contributed by atoms with van der Waals surface area (Å²) in [6, 6.07) is 6.22. The number of nitrogens with one attached hydrogen (secondary N) is 1. The van der Waals surface area contributed by atoms with E-state index in [-0.39, 0.29) is 5.76 Å². The summed E-state index contributed by atoms with van der Waals surface area (Å²) < 4.78 is 6.99. The van der Waals surface area contributed by atoms with Gasteiger partial charge in [0.1, 0.15) is 0 Å². The van der Waals surface area contributed by atoms with Crippen LogP contribution in [0, 0.1) is 0 Å². The fourth-order valence-corrected chi connectivity index (χ4v) is 2.56. The van der Waals surface area contributed by atoms with Crippen molar-refractivity contribution in [1.29, 1.82) is 0 Å². The van der Waals surface area contributed by atoms with E-state index in [0.717, 1.165) is 24.9 Å². The van der Waals surface area contributed by atoms with Gasteiger partial charge in [0.25, 0.3) is 0 Å². The first-order valence-corrected chi connectivity index (χ1v) is 6.14.